The van der Waals surface area contributed by atoms with Crippen molar-refractivity contribution in [3.63, 3.8) is 0 Å². The number of fused-ring (bicyclic) bond motifs is 2. The summed E-state index contributed by atoms with van der Waals surface area (Å²) in [6.45, 7) is 10.0. The van der Waals surface area contributed by atoms with Gasteiger partial charge in [0.2, 0.25) is 46.0 Å². The number of aromatic nitrogens is 6. The number of carbonyl (C=O) groups excluding carboxylic acids is 2. The van der Waals surface area contributed by atoms with Gasteiger partial charge in [0.25, 0.3) is 0 Å². The summed E-state index contributed by atoms with van der Waals surface area (Å²) in [6, 6.07) is 24.0. The largest absolute Gasteiger partial charge is 2.00 e. The van der Waals surface area contributed by atoms with E-state index in [4.69, 9.17) is 53.2 Å². The number of anilines is 2. The number of rotatable bonds is 20. The molecule has 3 saturated heterocycles. The maximum atomic E-state index is 14.1. The number of hydrogen-bond donors (Lipinski definition) is 8. The van der Waals surface area contributed by atoms with Crippen molar-refractivity contribution in [2.75, 3.05) is 44.1 Å². The van der Waals surface area contributed by atoms with E-state index in [1.54, 1.807) is 55.5 Å². The number of nitrogen functional groups attached to an aromatic ring is 2. The predicted molar refractivity (Wildman–Crippen MR) is 370 cm³/mol. The van der Waals surface area contributed by atoms with Gasteiger partial charge in [-0.1, -0.05) is 50.7 Å². The van der Waals surface area contributed by atoms with Crippen LogP contribution in [0.2, 0.25) is 0 Å². The van der Waals surface area contributed by atoms with Gasteiger partial charge in [-0.05, 0) is 120 Å². The molecule has 576 valence electrons. The normalized spacial score (nSPS) is 23.2. The van der Waals surface area contributed by atoms with Gasteiger partial charge < -0.3 is 94.0 Å². The van der Waals surface area contributed by atoms with E-state index in [1.807, 2.05) is 12.1 Å². The number of halogens is 6. The molecule has 7 aromatic rings. The summed E-state index contributed by atoms with van der Waals surface area (Å²) >= 11 is 0. The van der Waals surface area contributed by atoms with Crippen LogP contribution < -0.4 is 93.9 Å². The molecule has 3 aliphatic heterocycles. The van der Waals surface area contributed by atoms with Gasteiger partial charge in [-0.25, -0.2) is 41.3 Å². The summed E-state index contributed by atoms with van der Waals surface area (Å²) in [5.74, 6) is -13.8. The van der Waals surface area contributed by atoms with Crippen molar-refractivity contribution >= 4 is 73.0 Å². The fraction of sp³-hybridized carbons (Fsp3) is 0.485. The monoisotopic (exact) mass is 1600 g/mol. The molecule has 3 aromatic carbocycles. The number of hydrogen-bond acceptors (Lipinski definition) is 26. The number of nitrogens with zero attached hydrogens (tertiary/aromatic N) is 8. The molecule has 2 aliphatic carbocycles. The number of aliphatic hydroxyl groups excluding tert-OH is 5. The predicted octanol–water partition coefficient (Wildman–Crippen LogP) is 2.91. The van der Waals surface area contributed by atoms with Gasteiger partial charge in [0.1, 0.15) is 102 Å². The van der Waals surface area contributed by atoms with Crippen LogP contribution in [0.4, 0.5) is 33.6 Å². The van der Waals surface area contributed by atoms with Gasteiger partial charge in [-0.3, -0.25) is 14.1 Å². The molecule has 39 heteroatoms. The standard InChI is InChI=1S/C27H32N5O8P.C20H19F5NO5P.C12H13N5O4.C4H8O.C4H9.CH4.ClH.K.Mg.H/c1-17(26(35)38-18-7-5-6-8-18)14-41(36,40-19-9-3-2-4-10-19)37-13-21-23(33)24(34)27(15-28,39-21)22-12-11-20-25(29)30-16-31-32(20)22;1-11(20(27)29-12-7-5-6-8-12)26-32(28,30-13-9-3-2-4-10-13)31-19-17(24)15(22)14(21)16(23)18(19)25;13-4-12(10(20)9(19)7(3-18)21-12)8-2-1-6-11(14)15-5-16-17(6)8;1-2-4-5-3-1;1-4(2)3;;;;;/h2-4,9-12,16-18,21,23-24,33-34H,5-8,13-14H2,1H3,(H2,29,30,31);2-4,9-12H,5-8H2,1H3,(H,26,28);1-2,5,7,9-10,18-20H,3H2,(H2,14,15,16);1-4H2;1-3H3;1H4;1H;;;/q;;;;-1;;;+1;+2;-1/p-1/t17-,21-,23-,24-,27+,41?;11-,32?;7-,9-,10-,12+;;;;;;;/m101......./s1. The molecule has 5 fully saturated rings. The van der Waals surface area contributed by atoms with Crippen LogP contribution in [-0.4, -0.2) is 177 Å². The van der Waals surface area contributed by atoms with Gasteiger partial charge in [0.15, 0.2) is 11.6 Å². The van der Waals surface area contributed by atoms with Crippen LogP contribution in [0.3, 0.4) is 0 Å². The van der Waals surface area contributed by atoms with Crippen LogP contribution in [0.15, 0.2) is 97.6 Å². The second kappa shape index (κ2) is 42.6. The van der Waals surface area contributed by atoms with Crippen molar-refractivity contribution in [1.29, 1.82) is 10.5 Å². The number of para-hydroxylation sites is 2. The van der Waals surface area contributed by atoms with E-state index in [0.29, 0.717) is 23.9 Å². The SMILES string of the molecule is C.C1CCOC1.C[C-](C)C.C[C@H](CP(=O)(OC[C@H]1O[C@@](C#N)(c2ccc3c(N)ncnn23)[C@H](O)[C@@H]1O)Oc1ccccc1)C(=O)OC1CCCC1.C[C@H](NP(=O)(Oc1ccccc1)Oc1c(F)c(F)c(F)c(F)c1F)C(=O)OC1CCCC1.N#C[C@@]1(c2ccc3c(N)ncnn23)O[C@H](CO)[C@@H](O)[C@H]1O.[Cl-].[H-].[K+].[Mg+2]. The molecule has 10 N–H and O–H groups in total. The molecule has 2 unspecified atom stereocenters. The summed E-state index contributed by atoms with van der Waals surface area (Å²) in [5, 5.41) is 81.0. The molecular formula is C68H86ClF5KMgN11O18P2. The van der Waals surface area contributed by atoms with Crippen LogP contribution in [0, 0.1) is 63.6 Å². The first kappa shape index (κ1) is 93.6. The van der Waals surface area contributed by atoms with Crippen molar-refractivity contribution < 1.29 is 173 Å². The Morgan fingerprint density at radius 1 is 0.673 bits per heavy atom. The summed E-state index contributed by atoms with van der Waals surface area (Å²) in [5.41, 5.74) is 8.86. The zero-order valence-electron chi connectivity index (χ0n) is 59.8. The first-order valence-corrected chi connectivity index (χ1v) is 36.1. The number of nitriles is 2. The Hall–Kier alpha value is -5.78. The van der Waals surface area contributed by atoms with Crippen LogP contribution in [-0.2, 0) is 58.1 Å². The third-order valence-corrected chi connectivity index (χ3v) is 20.1. The molecule has 0 radical (unpaired) electrons. The zero-order chi connectivity index (χ0) is 75.0. The number of ether oxygens (including phenoxy) is 5. The number of aliphatic hydroxyl groups is 5. The van der Waals surface area contributed by atoms with Gasteiger partial charge in [-0.2, -0.15) is 55.4 Å². The topological polar surface area (TPSA) is 425 Å². The summed E-state index contributed by atoms with van der Waals surface area (Å²) in [4.78, 5) is 32.8. The Morgan fingerprint density at radius 2 is 1.08 bits per heavy atom. The molecule has 0 amide bonds. The van der Waals surface area contributed by atoms with Crippen LogP contribution in [0.1, 0.15) is 119 Å². The van der Waals surface area contributed by atoms with Crippen LogP contribution in [0.5, 0.6) is 17.2 Å². The second-order valence-electron chi connectivity index (χ2n) is 25.0. The smallest absolute Gasteiger partial charge is 1.00 e. The Morgan fingerprint density at radius 3 is 1.50 bits per heavy atom. The Bertz CT molecular complexity index is 4180. The summed E-state index contributed by atoms with van der Waals surface area (Å²) in [7, 11) is -8.96. The molecule has 107 heavy (non-hydrogen) atoms. The van der Waals surface area contributed by atoms with Crippen molar-refractivity contribution in [1.82, 2.24) is 34.3 Å². The third kappa shape index (κ3) is 23.2. The van der Waals surface area contributed by atoms with Crippen molar-refractivity contribution in [3.8, 4) is 29.4 Å². The average Bonchev–Trinajstić information content (AvgIpc) is 1.58. The van der Waals surface area contributed by atoms with Gasteiger partial charge in [0, 0.05) is 13.2 Å². The Kier molecular flexibility index (Phi) is 37.3. The molecule has 0 spiro atoms. The number of nitrogens with two attached hydrogens (primary N) is 2. The molecular weight excluding hydrogens is 1510 g/mol. The number of carbonyl (C=O) groups is 2. The maximum Gasteiger partial charge on any atom is 2.00 e. The Balaban J connectivity index is 0.000000402. The van der Waals surface area contributed by atoms with Gasteiger partial charge in [0.05, 0.1) is 36.7 Å². The maximum absolute atomic E-state index is 14.1. The third-order valence-electron chi connectivity index (χ3n) is 16.5. The molecule has 12 rings (SSSR count). The van der Waals surface area contributed by atoms with Crippen LogP contribution in [0.25, 0.3) is 11.0 Å². The van der Waals surface area contributed by atoms with Gasteiger partial charge in [-0.15, -0.1) is 0 Å². The van der Waals surface area contributed by atoms with E-state index >= 15 is 0 Å². The quantitative estimate of drug-likeness (QED) is 0.0103. The average molecular weight is 1600 g/mol. The van der Waals surface area contributed by atoms with E-state index in [1.165, 1.54) is 83.8 Å². The first-order valence-electron chi connectivity index (χ1n) is 32.8. The molecule has 0 bridgehead atoms. The molecule has 29 nitrogen and oxygen atoms in total. The number of nitrogens with one attached hydrogen (secondary N) is 1. The van der Waals surface area contributed by atoms with E-state index in [2.05, 4.69) is 46.0 Å². The van der Waals surface area contributed by atoms with Crippen LogP contribution >= 0.6 is 15.3 Å². The zero-order valence-corrected chi connectivity index (χ0v) is 65.8. The van der Waals surface area contributed by atoms with E-state index < -0.39 is 135 Å². The number of esters is 2. The second-order valence-corrected chi connectivity index (χ2v) is 28.7. The van der Waals surface area contributed by atoms with Crippen molar-refractivity contribution in [2.45, 2.75) is 172 Å². The minimum Gasteiger partial charge on any atom is -1.00 e. The van der Waals surface area contributed by atoms with E-state index in [9.17, 15) is 76.7 Å². The van der Waals surface area contributed by atoms with E-state index in [0.717, 1.165) is 51.7 Å². The summed E-state index contributed by atoms with van der Waals surface area (Å²) in [6.07, 6.45) is 2.17. The minimum atomic E-state index is -4.91. The van der Waals surface area contributed by atoms with Gasteiger partial charge >= 0.3 is 102 Å². The summed E-state index contributed by atoms with van der Waals surface area (Å²) < 4.78 is 147. The van der Waals surface area contributed by atoms with E-state index in [-0.39, 0.29) is 149 Å². The molecule has 4 aromatic heterocycles. The number of benzene rings is 3. The molecule has 5 aliphatic rings. The molecule has 7 heterocycles. The fourth-order valence-corrected chi connectivity index (χ4v) is 14.7. The Labute approximate surface area is 681 Å². The van der Waals surface area contributed by atoms with Crippen molar-refractivity contribution in [3.05, 3.63) is 144 Å². The molecule has 12 atom stereocenters. The molecule has 2 saturated carbocycles. The fourth-order valence-electron chi connectivity index (χ4n) is 11.3. The van der Waals surface area contributed by atoms with Crippen molar-refractivity contribution in [2.24, 2.45) is 5.92 Å². The minimum absolute atomic E-state index is 0. The first-order chi connectivity index (χ1) is 49.0.